The first-order chi connectivity index (χ1) is 10.9. The predicted molar refractivity (Wildman–Crippen MR) is 89.1 cm³/mol. The molecule has 0 spiro atoms. The topological polar surface area (TPSA) is 56.6 Å². The van der Waals surface area contributed by atoms with Gasteiger partial charge < -0.3 is 9.64 Å². The summed E-state index contributed by atoms with van der Waals surface area (Å²) in [5.41, 5.74) is 0.331. The lowest BCUT2D eigenvalue weighted by molar-refractivity contribution is -0.141. The van der Waals surface area contributed by atoms with E-state index in [-0.39, 0.29) is 11.3 Å². The van der Waals surface area contributed by atoms with Crippen molar-refractivity contribution in [1.29, 1.82) is 5.26 Å². The standard InChI is InChI=1S/C18H25N3O2/c1-18(2,3)17(22)21-10-8-20(9-11-21)12-13-23-16-6-4-15(14-19)5-7-16/h4-7H,8-13H2,1-3H3. The first kappa shape index (κ1) is 17.3. The molecule has 124 valence electrons. The van der Waals surface area contributed by atoms with Crippen molar-refractivity contribution in [2.75, 3.05) is 39.3 Å². The number of carbonyl (C=O) groups excluding carboxylic acids is 1. The maximum atomic E-state index is 12.2. The zero-order valence-corrected chi connectivity index (χ0v) is 14.2. The summed E-state index contributed by atoms with van der Waals surface area (Å²) in [4.78, 5) is 16.5. The van der Waals surface area contributed by atoms with Crippen molar-refractivity contribution in [2.24, 2.45) is 5.41 Å². The van der Waals surface area contributed by atoms with E-state index in [2.05, 4.69) is 11.0 Å². The van der Waals surface area contributed by atoms with Gasteiger partial charge >= 0.3 is 0 Å². The molecule has 0 bridgehead atoms. The lowest BCUT2D eigenvalue weighted by Gasteiger charge is -2.37. The number of carbonyl (C=O) groups is 1. The number of amides is 1. The summed E-state index contributed by atoms with van der Waals surface area (Å²) >= 11 is 0. The summed E-state index contributed by atoms with van der Waals surface area (Å²) in [6.45, 7) is 10.7. The van der Waals surface area contributed by atoms with Crippen molar-refractivity contribution in [2.45, 2.75) is 20.8 Å². The van der Waals surface area contributed by atoms with Gasteiger partial charge in [0.2, 0.25) is 5.91 Å². The Bertz CT molecular complexity index is 561. The van der Waals surface area contributed by atoms with E-state index in [1.165, 1.54) is 0 Å². The molecule has 1 heterocycles. The third-order valence-corrected chi connectivity index (χ3v) is 3.96. The minimum Gasteiger partial charge on any atom is -0.492 e. The van der Waals surface area contributed by atoms with Crippen LogP contribution in [0.1, 0.15) is 26.3 Å². The van der Waals surface area contributed by atoms with Gasteiger partial charge in [-0.05, 0) is 24.3 Å². The van der Waals surface area contributed by atoms with Gasteiger partial charge in [-0.1, -0.05) is 20.8 Å². The van der Waals surface area contributed by atoms with E-state index in [9.17, 15) is 4.79 Å². The summed E-state index contributed by atoms with van der Waals surface area (Å²) in [5, 5.41) is 8.76. The number of rotatable bonds is 4. The van der Waals surface area contributed by atoms with Crippen molar-refractivity contribution >= 4 is 5.91 Å². The van der Waals surface area contributed by atoms with E-state index in [1.54, 1.807) is 12.1 Å². The van der Waals surface area contributed by atoms with E-state index in [1.807, 2.05) is 37.8 Å². The molecule has 1 aromatic carbocycles. The minimum absolute atomic E-state index is 0.228. The molecule has 0 N–H and O–H groups in total. The predicted octanol–water partition coefficient (Wildman–Crippen LogP) is 2.13. The molecule has 2 rings (SSSR count). The van der Waals surface area contributed by atoms with Crippen molar-refractivity contribution in [3.8, 4) is 11.8 Å². The summed E-state index contributed by atoms with van der Waals surface area (Å²) in [6, 6.07) is 9.24. The molecule has 0 aliphatic carbocycles. The number of hydrogen-bond donors (Lipinski definition) is 0. The van der Waals surface area contributed by atoms with Gasteiger partial charge in [-0.2, -0.15) is 5.26 Å². The first-order valence-corrected chi connectivity index (χ1v) is 8.05. The summed E-state index contributed by atoms with van der Waals surface area (Å²) in [6.07, 6.45) is 0. The zero-order chi connectivity index (χ0) is 16.9. The highest BCUT2D eigenvalue weighted by Gasteiger charge is 2.29. The fraction of sp³-hybridized carbons (Fsp3) is 0.556. The van der Waals surface area contributed by atoms with Crippen LogP contribution in [0.15, 0.2) is 24.3 Å². The molecule has 1 aliphatic heterocycles. The Balaban J connectivity index is 1.70. The Kier molecular flexibility index (Phi) is 5.62. The molecule has 1 amide bonds. The highest BCUT2D eigenvalue weighted by molar-refractivity contribution is 5.81. The lowest BCUT2D eigenvalue weighted by Crippen LogP contribution is -2.52. The molecule has 23 heavy (non-hydrogen) atoms. The van der Waals surface area contributed by atoms with Crippen LogP contribution in [0.3, 0.4) is 0 Å². The first-order valence-electron chi connectivity index (χ1n) is 8.05. The van der Waals surface area contributed by atoms with Crippen molar-refractivity contribution in [1.82, 2.24) is 9.80 Å². The van der Waals surface area contributed by atoms with E-state index >= 15 is 0 Å². The number of benzene rings is 1. The van der Waals surface area contributed by atoms with E-state index in [4.69, 9.17) is 10.00 Å². The number of hydrogen-bond acceptors (Lipinski definition) is 4. The van der Waals surface area contributed by atoms with Gasteiger partial charge in [0.1, 0.15) is 12.4 Å². The Labute approximate surface area is 138 Å². The fourth-order valence-corrected chi connectivity index (χ4v) is 2.57. The Hall–Kier alpha value is -2.06. The van der Waals surface area contributed by atoms with Gasteiger partial charge in [-0.25, -0.2) is 0 Å². The average Bonchev–Trinajstić information content (AvgIpc) is 2.54. The highest BCUT2D eigenvalue weighted by Crippen LogP contribution is 2.18. The van der Waals surface area contributed by atoms with Gasteiger partial charge in [-0.15, -0.1) is 0 Å². The number of ether oxygens (including phenoxy) is 1. The van der Waals surface area contributed by atoms with Gasteiger partial charge in [0.15, 0.2) is 0 Å². The molecule has 1 aliphatic rings. The van der Waals surface area contributed by atoms with E-state index in [0.29, 0.717) is 12.2 Å². The van der Waals surface area contributed by atoms with Crippen LogP contribution in [-0.4, -0.2) is 55.0 Å². The van der Waals surface area contributed by atoms with Crippen molar-refractivity contribution < 1.29 is 9.53 Å². The Morgan fingerprint density at radius 2 is 1.78 bits per heavy atom. The largest absolute Gasteiger partial charge is 0.492 e. The van der Waals surface area contributed by atoms with Crippen LogP contribution in [0.25, 0.3) is 0 Å². The SMILES string of the molecule is CC(C)(C)C(=O)N1CCN(CCOc2ccc(C#N)cc2)CC1. The molecular weight excluding hydrogens is 290 g/mol. The van der Waals surface area contributed by atoms with E-state index < -0.39 is 0 Å². The van der Waals surface area contributed by atoms with Crippen molar-refractivity contribution in [3.63, 3.8) is 0 Å². The molecule has 5 nitrogen and oxygen atoms in total. The van der Waals surface area contributed by atoms with Crippen LogP contribution >= 0.6 is 0 Å². The van der Waals surface area contributed by atoms with Gasteiger partial charge in [0.05, 0.1) is 11.6 Å². The number of nitriles is 1. The quantitative estimate of drug-likeness (QED) is 0.854. The maximum Gasteiger partial charge on any atom is 0.228 e. The molecule has 0 saturated carbocycles. The molecule has 0 aromatic heterocycles. The Morgan fingerprint density at radius 3 is 2.30 bits per heavy atom. The summed E-state index contributed by atoms with van der Waals surface area (Å²) in [5.74, 6) is 1.01. The van der Waals surface area contributed by atoms with Crippen molar-refractivity contribution in [3.05, 3.63) is 29.8 Å². The van der Waals surface area contributed by atoms with Gasteiger partial charge in [-0.3, -0.25) is 9.69 Å². The Morgan fingerprint density at radius 1 is 1.17 bits per heavy atom. The van der Waals surface area contributed by atoms with Crippen LogP contribution in [0.4, 0.5) is 0 Å². The molecular formula is C18H25N3O2. The van der Waals surface area contributed by atoms with Crippen LogP contribution in [-0.2, 0) is 4.79 Å². The second-order valence-electron chi connectivity index (χ2n) is 6.87. The average molecular weight is 315 g/mol. The molecule has 5 heteroatoms. The van der Waals surface area contributed by atoms with Gasteiger partial charge in [0, 0.05) is 38.1 Å². The second kappa shape index (κ2) is 7.47. The molecule has 0 atom stereocenters. The second-order valence-corrected chi connectivity index (χ2v) is 6.87. The maximum absolute atomic E-state index is 12.2. The van der Waals surface area contributed by atoms with E-state index in [0.717, 1.165) is 38.5 Å². The highest BCUT2D eigenvalue weighted by atomic mass is 16.5. The summed E-state index contributed by atoms with van der Waals surface area (Å²) < 4.78 is 5.71. The third kappa shape index (κ3) is 4.97. The molecule has 1 fully saturated rings. The molecule has 0 unspecified atom stereocenters. The third-order valence-electron chi connectivity index (χ3n) is 3.96. The fourth-order valence-electron chi connectivity index (χ4n) is 2.57. The minimum atomic E-state index is -0.305. The van der Waals surface area contributed by atoms with Crippen LogP contribution in [0.5, 0.6) is 5.75 Å². The summed E-state index contributed by atoms with van der Waals surface area (Å²) in [7, 11) is 0. The lowest BCUT2D eigenvalue weighted by atomic mass is 9.94. The van der Waals surface area contributed by atoms with Crippen LogP contribution in [0.2, 0.25) is 0 Å². The monoisotopic (exact) mass is 315 g/mol. The number of nitrogens with zero attached hydrogens (tertiary/aromatic N) is 3. The normalized spacial score (nSPS) is 16.0. The number of piperazine rings is 1. The molecule has 0 radical (unpaired) electrons. The zero-order valence-electron chi connectivity index (χ0n) is 14.2. The molecule has 1 aromatic rings. The van der Waals surface area contributed by atoms with Crippen LogP contribution < -0.4 is 4.74 Å². The smallest absolute Gasteiger partial charge is 0.228 e. The van der Waals surface area contributed by atoms with Gasteiger partial charge in [0.25, 0.3) is 0 Å². The molecule has 1 saturated heterocycles. The van der Waals surface area contributed by atoms with Crippen LogP contribution in [0, 0.1) is 16.7 Å².